The predicted molar refractivity (Wildman–Crippen MR) is 149 cm³/mol. The van der Waals surface area contributed by atoms with E-state index >= 15 is 0 Å². The van der Waals surface area contributed by atoms with Crippen LogP contribution in [-0.2, 0) is 29.7 Å². The first-order chi connectivity index (χ1) is 19.1. The van der Waals surface area contributed by atoms with Gasteiger partial charge in [0.1, 0.15) is 17.3 Å². The molecule has 0 fully saturated rings. The van der Waals surface area contributed by atoms with Gasteiger partial charge in [0.2, 0.25) is 0 Å². The lowest BCUT2D eigenvalue weighted by molar-refractivity contribution is -0.139. The molecule has 5 nitrogen and oxygen atoms in total. The van der Waals surface area contributed by atoms with Gasteiger partial charge < -0.3 is 14.3 Å². The number of aliphatic carboxylic acids is 1. The van der Waals surface area contributed by atoms with Crippen LogP contribution in [0, 0.1) is 6.92 Å². The second kappa shape index (κ2) is 13.1. The van der Waals surface area contributed by atoms with Crippen LogP contribution < -0.4 is 4.74 Å². The van der Waals surface area contributed by atoms with Crippen molar-refractivity contribution in [2.75, 3.05) is 20.2 Å². The molecular weight excluding hydrogens is 539 g/mol. The monoisotopic (exact) mass is 569 g/mol. The number of ether oxygens (including phenoxy) is 1. The van der Waals surface area contributed by atoms with Gasteiger partial charge in [0.05, 0.1) is 12.1 Å². The van der Waals surface area contributed by atoms with Crippen molar-refractivity contribution in [1.82, 2.24) is 4.90 Å². The molecular formula is C31H30F3NO4S. The van der Waals surface area contributed by atoms with Crippen molar-refractivity contribution >= 4 is 17.7 Å². The molecule has 1 heterocycles. The second-order valence-electron chi connectivity index (χ2n) is 9.51. The molecule has 0 amide bonds. The first-order valence-corrected chi connectivity index (χ1v) is 13.7. The average Bonchev–Trinajstić information content (AvgIpc) is 3.32. The number of likely N-dealkylation sites (N-methyl/N-ethyl adjacent to an activating group) is 1. The smallest absolute Gasteiger partial charge is 0.416 e. The number of thioether (sulfide) groups is 1. The number of hydrogen-bond donors (Lipinski definition) is 1. The van der Waals surface area contributed by atoms with E-state index in [-0.39, 0.29) is 0 Å². The fourth-order valence-electron chi connectivity index (χ4n) is 4.15. The topological polar surface area (TPSA) is 62.9 Å². The molecule has 0 aliphatic rings. The number of carboxylic acids is 1. The Morgan fingerprint density at radius 1 is 1.02 bits per heavy atom. The maximum Gasteiger partial charge on any atom is 0.416 e. The molecule has 0 aliphatic carbocycles. The number of nitrogens with zero attached hydrogens (tertiary/aromatic N) is 1. The summed E-state index contributed by atoms with van der Waals surface area (Å²) >= 11 is 1.59. The molecule has 0 spiro atoms. The summed E-state index contributed by atoms with van der Waals surface area (Å²) in [6.45, 7) is 2.80. The van der Waals surface area contributed by atoms with Crippen molar-refractivity contribution in [1.29, 1.82) is 0 Å². The van der Waals surface area contributed by atoms with Crippen LogP contribution in [0.4, 0.5) is 13.2 Å². The summed E-state index contributed by atoms with van der Waals surface area (Å²) in [5, 5.41) is 8.85. The highest BCUT2D eigenvalue weighted by Gasteiger charge is 2.30. The number of aryl methyl sites for hydroxylation is 1. The molecule has 0 radical (unpaired) electrons. The minimum absolute atomic E-state index is 0.407. The van der Waals surface area contributed by atoms with Gasteiger partial charge in [-0.25, -0.2) is 4.79 Å². The molecule has 0 saturated heterocycles. The Labute approximate surface area is 235 Å². The van der Waals surface area contributed by atoms with E-state index in [1.165, 1.54) is 17.7 Å². The Morgan fingerprint density at radius 3 is 2.40 bits per heavy atom. The molecule has 1 aromatic heterocycles. The largest absolute Gasteiger partial charge is 0.482 e. The quantitative estimate of drug-likeness (QED) is 0.176. The zero-order valence-corrected chi connectivity index (χ0v) is 23.0. The zero-order valence-electron chi connectivity index (χ0n) is 22.2. The van der Waals surface area contributed by atoms with E-state index in [0.717, 1.165) is 46.9 Å². The molecule has 210 valence electrons. The summed E-state index contributed by atoms with van der Waals surface area (Å²) in [6.07, 6.45) is -3.52. The molecule has 1 N–H and O–H groups in total. The number of carbonyl (C=O) groups is 1. The van der Waals surface area contributed by atoms with Gasteiger partial charge in [-0.1, -0.05) is 42.5 Å². The number of hydrogen-bond acceptors (Lipinski definition) is 5. The Hall–Kier alpha value is -3.69. The molecule has 0 atom stereocenters. The number of alkyl halides is 3. The Bertz CT molecular complexity index is 1420. The molecule has 40 heavy (non-hydrogen) atoms. The summed E-state index contributed by atoms with van der Waals surface area (Å²) < 4.78 is 50.7. The fraction of sp³-hybridized carbons (Fsp3) is 0.258. The number of furan rings is 1. The van der Waals surface area contributed by atoms with E-state index in [1.54, 1.807) is 17.8 Å². The van der Waals surface area contributed by atoms with Crippen molar-refractivity contribution in [2.45, 2.75) is 36.7 Å². The Morgan fingerprint density at radius 2 is 1.75 bits per heavy atom. The van der Waals surface area contributed by atoms with Gasteiger partial charge >= 0.3 is 12.1 Å². The number of rotatable bonds is 12. The maximum atomic E-state index is 13.1. The van der Waals surface area contributed by atoms with Crippen LogP contribution in [0.25, 0.3) is 11.3 Å². The van der Waals surface area contributed by atoms with E-state index in [9.17, 15) is 18.0 Å². The van der Waals surface area contributed by atoms with Crippen LogP contribution in [0.3, 0.4) is 0 Å². The summed E-state index contributed by atoms with van der Waals surface area (Å²) in [4.78, 5) is 13.9. The molecule has 0 saturated carbocycles. The van der Waals surface area contributed by atoms with Crippen LogP contribution in [0.2, 0.25) is 0 Å². The van der Waals surface area contributed by atoms with Gasteiger partial charge in [0, 0.05) is 28.3 Å². The van der Waals surface area contributed by atoms with Crippen LogP contribution in [-0.4, -0.2) is 36.2 Å². The van der Waals surface area contributed by atoms with E-state index in [1.807, 2.05) is 50.4 Å². The number of halogens is 3. The molecule has 0 bridgehead atoms. The molecule has 0 aliphatic heterocycles. The van der Waals surface area contributed by atoms with E-state index in [2.05, 4.69) is 17.0 Å². The van der Waals surface area contributed by atoms with Crippen LogP contribution >= 0.6 is 11.8 Å². The van der Waals surface area contributed by atoms with E-state index < -0.39 is 24.3 Å². The van der Waals surface area contributed by atoms with E-state index in [0.29, 0.717) is 29.4 Å². The van der Waals surface area contributed by atoms with E-state index in [4.69, 9.17) is 14.3 Å². The Kier molecular flexibility index (Phi) is 9.60. The third-order valence-electron chi connectivity index (χ3n) is 6.32. The van der Waals surface area contributed by atoms with Gasteiger partial charge in [0.25, 0.3) is 0 Å². The highest BCUT2D eigenvalue weighted by Crippen LogP contribution is 2.35. The van der Waals surface area contributed by atoms with Gasteiger partial charge in [-0.3, -0.25) is 4.90 Å². The third kappa shape index (κ3) is 8.16. The van der Waals surface area contributed by atoms with Crippen LogP contribution in [0.15, 0.2) is 88.2 Å². The number of benzene rings is 3. The molecule has 4 rings (SSSR count). The van der Waals surface area contributed by atoms with Crippen molar-refractivity contribution < 1.29 is 32.2 Å². The third-order valence-corrected chi connectivity index (χ3v) is 7.37. The predicted octanol–water partition coefficient (Wildman–Crippen LogP) is 7.70. The average molecular weight is 570 g/mol. The molecule has 4 aromatic rings. The normalized spacial score (nSPS) is 11.7. The van der Waals surface area contributed by atoms with Crippen molar-refractivity contribution in [2.24, 2.45) is 0 Å². The summed E-state index contributed by atoms with van der Waals surface area (Å²) in [5.41, 5.74) is 2.89. The molecule has 3 aromatic carbocycles. The molecule has 0 unspecified atom stereocenters. The SMILES string of the molecule is Cc1cc(SCc2cc(-c3ccc(C(F)(F)F)cc3)oc2CN(C)CCc2ccccc2)ccc1OCC(=O)O. The van der Waals surface area contributed by atoms with Crippen molar-refractivity contribution in [3.63, 3.8) is 0 Å². The highest BCUT2D eigenvalue weighted by atomic mass is 32.2. The summed E-state index contributed by atoms with van der Waals surface area (Å²) in [5.74, 6) is 1.34. The first kappa shape index (κ1) is 29.3. The first-order valence-electron chi connectivity index (χ1n) is 12.7. The standard InChI is InChI=1S/C31H30F3NO4S/c1-21-16-26(12-13-27(21)38-19-30(36)37)40-20-24-17-28(23-8-10-25(11-9-23)31(32,33)34)39-29(24)18-35(2)15-14-22-6-4-3-5-7-22/h3-13,16-17H,14-15,18-20H2,1-2H3,(H,36,37). The number of carboxylic acid groups (broad SMARTS) is 1. The lowest BCUT2D eigenvalue weighted by Crippen LogP contribution is -2.21. The maximum absolute atomic E-state index is 13.1. The van der Waals surface area contributed by atoms with Crippen molar-refractivity contribution in [3.8, 4) is 17.1 Å². The highest BCUT2D eigenvalue weighted by molar-refractivity contribution is 7.98. The molecule has 9 heteroatoms. The fourth-order valence-corrected chi connectivity index (χ4v) is 5.14. The van der Waals surface area contributed by atoms with Gasteiger partial charge in [0.15, 0.2) is 6.61 Å². The second-order valence-corrected chi connectivity index (χ2v) is 10.6. The van der Waals surface area contributed by atoms with Gasteiger partial charge in [-0.2, -0.15) is 13.2 Å². The van der Waals surface area contributed by atoms with Gasteiger partial charge in [-0.05, 0) is 67.9 Å². The summed E-state index contributed by atoms with van der Waals surface area (Å²) in [7, 11) is 2.01. The Balaban J connectivity index is 1.51. The van der Waals surface area contributed by atoms with Crippen molar-refractivity contribution in [3.05, 3.63) is 107 Å². The lowest BCUT2D eigenvalue weighted by atomic mass is 10.1. The van der Waals surface area contributed by atoms with Crippen LogP contribution in [0.1, 0.15) is 28.0 Å². The van der Waals surface area contributed by atoms with Crippen LogP contribution in [0.5, 0.6) is 5.75 Å². The minimum Gasteiger partial charge on any atom is -0.482 e. The summed E-state index contributed by atoms with van der Waals surface area (Å²) in [6, 6.07) is 22.6. The van der Waals surface area contributed by atoms with Gasteiger partial charge in [-0.15, -0.1) is 11.8 Å². The lowest BCUT2D eigenvalue weighted by Gasteiger charge is -2.16. The zero-order chi connectivity index (χ0) is 28.7. The minimum atomic E-state index is -4.40.